The molecule has 0 amide bonds. The van der Waals surface area contributed by atoms with Crippen molar-refractivity contribution in [3.05, 3.63) is 29.8 Å². The minimum Gasteiger partial charge on any atom is -0.494 e. The summed E-state index contributed by atoms with van der Waals surface area (Å²) in [5.41, 5.74) is 0.276. The van der Waals surface area contributed by atoms with Crippen molar-refractivity contribution >= 4 is 5.97 Å². The molecule has 1 aliphatic rings. The molecule has 21 heavy (non-hydrogen) atoms. The predicted molar refractivity (Wildman–Crippen MR) is 80.9 cm³/mol. The summed E-state index contributed by atoms with van der Waals surface area (Å²) in [6.07, 6.45) is 7.56. The Morgan fingerprint density at radius 2 is 1.81 bits per heavy atom. The molecule has 116 valence electrons. The third-order valence-electron chi connectivity index (χ3n) is 3.88. The van der Waals surface area contributed by atoms with Crippen molar-refractivity contribution in [3.8, 4) is 5.75 Å². The van der Waals surface area contributed by atoms with Gasteiger partial charge in [-0.25, -0.2) is 4.79 Å². The van der Waals surface area contributed by atoms with Crippen LogP contribution in [-0.2, 0) is 4.74 Å². The Morgan fingerprint density at radius 1 is 1.10 bits per heavy atom. The molecule has 0 bridgehead atoms. The average Bonchev–Trinajstić information content (AvgIpc) is 2.52. The molecule has 0 saturated heterocycles. The summed E-state index contributed by atoms with van der Waals surface area (Å²) in [6.45, 7) is 2.20. The van der Waals surface area contributed by atoms with Gasteiger partial charge in [-0.3, -0.25) is 0 Å². The molecule has 1 aliphatic carbocycles. The van der Waals surface area contributed by atoms with Crippen molar-refractivity contribution in [2.75, 3.05) is 19.8 Å². The van der Waals surface area contributed by atoms with E-state index in [1.807, 2.05) is 0 Å². The fourth-order valence-electron chi connectivity index (χ4n) is 2.65. The predicted octanol–water partition coefficient (Wildman–Crippen LogP) is 3.75. The van der Waals surface area contributed by atoms with E-state index in [9.17, 15) is 4.79 Å². The minimum absolute atomic E-state index is 0.276. The summed E-state index contributed by atoms with van der Waals surface area (Å²) >= 11 is 0. The molecular formula is C17H24O4. The maximum absolute atomic E-state index is 10.7. The number of ether oxygens (including phenoxy) is 2. The normalized spacial score (nSPS) is 15.8. The van der Waals surface area contributed by atoms with Crippen LogP contribution in [0.1, 0.15) is 48.9 Å². The topological polar surface area (TPSA) is 55.8 Å². The molecule has 0 aliphatic heterocycles. The van der Waals surface area contributed by atoms with Crippen LogP contribution >= 0.6 is 0 Å². The van der Waals surface area contributed by atoms with Crippen LogP contribution in [0, 0.1) is 5.92 Å². The Labute approximate surface area is 126 Å². The Hall–Kier alpha value is -1.55. The van der Waals surface area contributed by atoms with Crippen LogP contribution < -0.4 is 4.74 Å². The second kappa shape index (κ2) is 8.67. The highest BCUT2D eigenvalue weighted by Crippen LogP contribution is 2.23. The van der Waals surface area contributed by atoms with Gasteiger partial charge in [0.25, 0.3) is 0 Å². The zero-order valence-electron chi connectivity index (χ0n) is 12.4. The third-order valence-corrected chi connectivity index (χ3v) is 3.88. The summed E-state index contributed by atoms with van der Waals surface area (Å²) in [5, 5.41) is 8.80. The van der Waals surface area contributed by atoms with E-state index in [1.54, 1.807) is 24.3 Å². The maximum Gasteiger partial charge on any atom is 0.335 e. The summed E-state index contributed by atoms with van der Waals surface area (Å²) in [5.74, 6) is 0.535. The molecular weight excluding hydrogens is 268 g/mol. The first-order chi connectivity index (χ1) is 10.3. The second-order valence-electron chi connectivity index (χ2n) is 5.61. The lowest BCUT2D eigenvalue weighted by molar-refractivity contribution is 0.0697. The van der Waals surface area contributed by atoms with Crippen LogP contribution in [0.5, 0.6) is 5.75 Å². The molecule has 1 fully saturated rings. The third kappa shape index (κ3) is 5.76. The van der Waals surface area contributed by atoms with Crippen LogP contribution in [0.2, 0.25) is 0 Å². The number of rotatable bonds is 8. The van der Waals surface area contributed by atoms with Gasteiger partial charge in [0.2, 0.25) is 0 Å². The summed E-state index contributed by atoms with van der Waals surface area (Å²) in [7, 11) is 0. The van der Waals surface area contributed by atoms with Gasteiger partial charge in [0, 0.05) is 19.6 Å². The fourth-order valence-corrected chi connectivity index (χ4v) is 2.65. The van der Waals surface area contributed by atoms with Gasteiger partial charge in [-0.2, -0.15) is 0 Å². The molecule has 0 heterocycles. The van der Waals surface area contributed by atoms with E-state index in [0.717, 1.165) is 25.6 Å². The van der Waals surface area contributed by atoms with Crippen molar-refractivity contribution in [1.82, 2.24) is 0 Å². The number of aromatic carboxylic acids is 1. The lowest BCUT2D eigenvalue weighted by atomic mass is 9.90. The highest BCUT2D eigenvalue weighted by molar-refractivity contribution is 5.87. The van der Waals surface area contributed by atoms with Gasteiger partial charge in [-0.15, -0.1) is 0 Å². The van der Waals surface area contributed by atoms with E-state index >= 15 is 0 Å². The van der Waals surface area contributed by atoms with Crippen molar-refractivity contribution in [3.63, 3.8) is 0 Å². The zero-order chi connectivity index (χ0) is 14.9. The van der Waals surface area contributed by atoms with Crippen molar-refractivity contribution < 1.29 is 19.4 Å². The van der Waals surface area contributed by atoms with E-state index in [4.69, 9.17) is 14.6 Å². The van der Waals surface area contributed by atoms with Crippen LogP contribution in [-0.4, -0.2) is 30.9 Å². The largest absolute Gasteiger partial charge is 0.494 e. The lowest BCUT2D eigenvalue weighted by Crippen LogP contribution is -2.14. The number of carboxylic acid groups (broad SMARTS) is 1. The molecule has 1 aromatic rings. The van der Waals surface area contributed by atoms with Crippen molar-refractivity contribution in [2.45, 2.75) is 38.5 Å². The van der Waals surface area contributed by atoms with Gasteiger partial charge in [0.05, 0.1) is 12.2 Å². The molecule has 4 heteroatoms. The van der Waals surface area contributed by atoms with Gasteiger partial charge in [0.1, 0.15) is 5.75 Å². The quantitative estimate of drug-likeness (QED) is 0.741. The average molecular weight is 292 g/mol. The minimum atomic E-state index is -0.919. The van der Waals surface area contributed by atoms with E-state index < -0.39 is 5.97 Å². The molecule has 0 atom stereocenters. The van der Waals surface area contributed by atoms with Crippen LogP contribution in [0.3, 0.4) is 0 Å². The lowest BCUT2D eigenvalue weighted by Gasteiger charge is -2.21. The standard InChI is InChI=1S/C17H24O4/c18-17(19)15-7-9-16(10-8-15)21-12-4-11-20-13-14-5-2-1-3-6-14/h7-10,14H,1-6,11-13H2,(H,18,19). The van der Waals surface area contributed by atoms with Crippen LogP contribution in [0.25, 0.3) is 0 Å². The first-order valence-electron chi connectivity index (χ1n) is 7.79. The zero-order valence-corrected chi connectivity index (χ0v) is 12.4. The molecule has 0 spiro atoms. The first-order valence-corrected chi connectivity index (χ1v) is 7.79. The van der Waals surface area contributed by atoms with Gasteiger partial charge in [-0.1, -0.05) is 19.3 Å². The number of benzene rings is 1. The number of hydrogen-bond acceptors (Lipinski definition) is 3. The van der Waals surface area contributed by atoms with Crippen molar-refractivity contribution in [1.29, 1.82) is 0 Å². The highest BCUT2D eigenvalue weighted by atomic mass is 16.5. The molecule has 4 nitrogen and oxygen atoms in total. The highest BCUT2D eigenvalue weighted by Gasteiger charge is 2.12. The van der Waals surface area contributed by atoms with Crippen LogP contribution in [0.15, 0.2) is 24.3 Å². The second-order valence-corrected chi connectivity index (χ2v) is 5.61. The SMILES string of the molecule is O=C(O)c1ccc(OCCCOCC2CCCCC2)cc1. The monoisotopic (exact) mass is 292 g/mol. The molecule has 2 rings (SSSR count). The van der Waals surface area contributed by atoms with E-state index in [2.05, 4.69) is 0 Å². The van der Waals surface area contributed by atoms with Crippen molar-refractivity contribution in [2.24, 2.45) is 5.92 Å². The first kappa shape index (κ1) is 15.8. The number of carboxylic acids is 1. The Balaban J connectivity index is 1.54. The summed E-state index contributed by atoms with van der Waals surface area (Å²) in [6, 6.07) is 6.48. The van der Waals surface area contributed by atoms with Crippen LogP contribution in [0.4, 0.5) is 0 Å². The van der Waals surface area contributed by atoms with Gasteiger partial charge < -0.3 is 14.6 Å². The summed E-state index contributed by atoms with van der Waals surface area (Å²) < 4.78 is 11.3. The summed E-state index contributed by atoms with van der Waals surface area (Å²) in [4.78, 5) is 10.7. The molecule has 1 saturated carbocycles. The fraction of sp³-hybridized carbons (Fsp3) is 0.588. The van der Waals surface area contributed by atoms with Gasteiger partial charge >= 0.3 is 5.97 Å². The molecule has 0 unspecified atom stereocenters. The molecule has 0 aromatic heterocycles. The van der Waals surface area contributed by atoms with Gasteiger partial charge in [0.15, 0.2) is 0 Å². The Morgan fingerprint density at radius 3 is 2.48 bits per heavy atom. The van der Waals surface area contributed by atoms with Gasteiger partial charge in [-0.05, 0) is 43.0 Å². The Kier molecular flexibility index (Phi) is 6.54. The Bertz CT molecular complexity index is 421. The maximum atomic E-state index is 10.7. The number of hydrogen-bond donors (Lipinski definition) is 1. The van der Waals surface area contributed by atoms with E-state index in [1.165, 1.54) is 32.1 Å². The smallest absolute Gasteiger partial charge is 0.335 e. The van der Waals surface area contributed by atoms with E-state index in [-0.39, 0.29) is 5.56 Å². The van der Waals surface area contributed by atoms with E-state index in [0.29, 0.717) is 12.4 Å². The molecule has 1 N–H and O–H groups in total. The molecule has 0 radical (unpaired) electrons. The molecule has 1 aromatic carbocycles. The number of carbonyl (C=O) groups is 1.